The number of unbranched alkanes of at least 4 members (excludes halogenated alkanes) is 1. The van der Waals surface area contributed by atoms with Gasteiger partial charge in [-0.05, 0) is 24.7 Å². The first-order valence-electron chi connectivity index (χ1n) is 6.50. The van der Waals surface area contributed by atoms with E-state index in [9.17, 15) is 9.59 Å². The molecule has 1 heterocycles. The van der Waals surface area contributed by atoms with Crippen LogP contribution in [0.2, 0.25) is 0 Å². The van der Waals surface area contributed by atoms with E-state index in [2.05, 4.69) is 6.92 Å². The Balaban J connectivity index is 2.01. The lowest BCUT2D eigenvalue weighted by Gasteiger charge is -2.37. The molecule has 0 unspecified atom stereocenters. The number of hydrogen-bond donors (Lipinski definition) is 0. The number of rotatable bonds is 3. The Bertz CT molecular complexity index is 272. The predicted molar refractivity (Wildman–Crippen MR) is 61.8 cm³/mol. The van der Waals surface area contributed by atoms with E-state index < -0.39 is 0 Å². The van der Waals surface area contributed by atoms with E-state index >= 15 is 0 Å². The van der Waals surface area contributed by atoms with Crippen molar-refractivity contribution in [2.24, 2.45) is 5.41 Å². The van der Waals surface area contributed by atoms with Crippen LogP contribution in [0, 0.1) is 5.41 Å². The van der Waals surface area contributed by atoms with Crippen LogP contribution in [0.5, 0.6) is 0 Å². The SMILES string of the molecule is CCCCN1C(=O)CC2(CCCC2)CC1=O. The molecular weight excluding hydrogens is 202 g/mol. The van der Waals surface area contributed by atoms with Crippen molar-refractivity contribution in [2.45, 2.75) is 58.3 Å². The molecule has 2 fully saturated rings. The zero-order valence-electron chi connectivity index (χ0n) is 10.1. The smallest absolute Gasteiger partial charge is 0.229 e. The summed E-state index contributed by atoms with van der Waals surface area (Å²) in [5.74, 6) is 0.151. The monoisotopic (exact) mass is 223 g/mol. The Morgan fingerprint density at radius 2 is 1.69 bits per heavy atom. The summed E-state index contributed by atoms with van der Waals surface area (Å²) in [7, 11) is 0. The lowest BCUT2D eigenvalue weighted by molar-refractivity contribution is -0.153. The molecule has 0 aromatic carbocycles. The van der Waals surface area contributed by atoms with Crippen LogP contribution < -0.4 is 0 Å². The summed E-state index contributed by atoms with van der Waals surface area (Å²) in [6.07, 6.45) is 7.72. The van der Waals surface area contributed by atoms with E-state index in [1.54, 1.807) is 0 Å². The summed E-state index contributed by atoms with van der Waals surface area (Å²) < 4.78 is 0. The minimum absolute atomic E-state index is 0.0525. The third kappa shape index (κ3) is 2.13. The van der Waals surface area contributed by atoms with E-state index in [1.165, 1.54) is 17.7 Å². The number of carbonyl (C=O) groups excluding carboxylic acids is 2. The van der Waals surface area contributed by atoms with Crippen molar-refractivity contribution in [3.8, 4) is 0 Å². The molecule has 2 rings (SSSR count). The van der Waals surface area contributed by atoms with Crippen molar-refractivity contribution < 1.29 is 9.59 Å². The van der Waals surface area contributed by atoms with Crippen molar-refractivity contribution in [1.82, 2.24) is 4.90 Å². The minimum Gasteiger partial charge on any atom is -0.283 e. The molecular formula is C13H21NO2. The molecule has 1 aliphatic carbocycles. The normalized spacial score (nSPS) is 24.4. The van der Waals surface area contributed by atoms with Gasteiger partial charge in [0.15, 0.2) is 0 Å². The van der Waals surface area contributed by atoms with Crippen molar-refractivity contribution in [2.75, 3.05) is 6.54 Å². The quantitative estimate of drug-likeness (QED) is 0.689. The first kappa shape index (κ1) is 11.6. The van der Waals surface area contributed by atoms with E-state index in [0.29, 0.717) is 19.4 Å². The standard InChI is InChI=1S/C13H21NO2/c1-2-3-8-14-11(15)9-13(10-12(14)16)6-4-5-7-13/h2-10H2,1H3. The van der Waals surface area contributed by atoms with Gasteiger partial charge in [0.05, 0.1) is 0 Å². The van der Waals surface area contributed by atoms with Crippen LogP contribution in [0.4, 0.5) is 0 Å². The van der Waals surface area contributed by atoms with Gasteiger partial charge in [0.1, 0.15) is 0 Å². The molecule has 2 aliphatic rings. The highest BCUT2D eigenvalue weighted by Crippen LogP contribution is 2.46. The second-order valence-corrected chi connectivity index (χ2v) is 5.35. The molecule has 0 aromatic heterocycles. The van der Waals surface area contributed by atoms with Crippen molar-refractivity contribution >= 4 is 11.8 Å². The molecule has 2 amide bonds. The minimum atomic E-state index is 0.0525. The van der Waals surface area contributed by atoms with Crippen LogP contribution in [0.25, 0.3) is 0 Å². The molecule has 1 saturated carbocycles. The number of piperidine rings is 1. The van der Waals surface area contributed by atoms with Crippen LogP contribution in [-0.4, -0.2) is 23.3 Å². The largest absolute Gasteiger partial charge is 0.283 e. The van der Waals surface area contributed by atoms with Gasteiger partial charge >= 0.3 is 0 Å². The summed E-state index contributed by atoms with van der Waals surface area (Å²) in [5.41, 5.74) is 0.0525. The molecule has 0 N–H and O–H groups in total. The molecule has 1 saturated heterocycles. The zero-order valence-corrected chi connectivity index (χ0v) is 10.1. The number of carbonyl (C=O) groups is 2. The maximum atomic E-state index is 12.0. The average Bonchev–Trinajstić information content (AvgIpc) is 2.65. The van der Waals surface area contributed by atoms with Crippen LogP contribution in [0.3, 0.4) is 0 Å². The molecule has 1 spiro atoms. The topological polar surface area (TPSA) is 37.4 Å². The molecule has 3 heteroatoms. The highest BCUT2D eigenvalue weighted by atomic mass is 16.2. The highest BCUT2D eigenvalue weighted by molar-refractivity contribution is 5.98. The van der Waals surface area contributed by atoms with Crippen molar-refractivity contribution in [1.29, 1.82) is 0 Å². The summed E-state index contributed by atoms with van der Waals surface area (Å²) in [6, 6.07) is 0. The lowest BCUT2D eigenvalue weighted by Crippen LogP contribution is -2.47. The fourth-order valence-electron chi connectivity index (χ4n) is 3.08. The molecule has 0 atom stereocenters. The molecule has 0 radical (unpaired) electrons. The van der Waals surface area contributed by atoms with Crippen LogP contribution in [0.1, 0.15) is 58.3 Å². The number of amides is 2. The highest BCUT2D eigenvalue weighted by Gasteiger charge is 2.44. The maximum Gasteiger partial charge on any atom is 0.229 e. The third-order valence-electron chi connectivity index (χ3n) is 4.05. The van der Waals surface area contributed by atoms with E-state index in [-0.39, 0.29) is 17.2 Å². The Kier molecular flexibility index (Phi) is 3.31. The van der Waals surface area contributed by atoms with Crippen molar-refractivity contribution in [3.63, 3.8) is 0 Å². The average molecular weight is 223 g/mol. The second-order valence-electron chi connectivity index (χ2n) is 5.35. The first-order valence-corrected chi connectivity index (χ1v) is 6.50. The van der Waals surface area contributed by atoms with Gasteiger partial charge in [-0.1, -0.05) is 26.2 Å². The molecule has 16 heavy (non-hydrogen) atoms. The van der Waals surface area contributed by atoms with E-state index in [0.717, 1.165) is 25.7 Å². The zero-order chi connectivity index (χ0) is 11.6. The first-order chi connectivity index (χ1) is 7.67. The van der Waals surface area contributed by atoms with Crippen LogP contribution in [0.15, 0.2) is 0 Å². The van der Waals surface area contributed by atoms with Gasteiger partial charge < -0.3 is 0 Å². The fourth-order valence-corrected chi connectivity index (χ4v) is 3.08. The second kappa shape index (κ2) is 4.56. The maximum absolute atomic E-state index is 12.0. The number of imide groups is 1. The van der Waals surface area contributed by atoms with E-state index in [4.69, 9.17) is 0 Å². The molecule has 1 aliphatic heterocycles. The molecule has 3 nitrogen and oxygen atoms in total. The van der Waals surface area contributed by atoms with Crippen LogP contribution >= 0.6 is 0 Å². The predicted octanol–water partition coefficient (Wildman–Crippen LogP) is 2.50. The lowest BCUT2D eigenvalue weighted by atomic mass is 9.76. The molecule has 0 aromatic rings. The van der Waals surface area contributed by atoms with E-state index in [1.807, 2.05) is 0 Å². The fraction of sp³-hybridized carbons (Fsp3) is 0.846. The van der Waals surface area contributed by atoms with Gasteiger partial charge in [0, 0.05) is 19.4 Å². The summed E-state index contributed by atoms with van der Waals surface area (Å²) in [4.78, 5) is 25.4. The molecule has 0 bridgehead atoms. The van der Waals surface area contributed by atoms with Gasteiger partial charge in [-0.2, -0.15) is 0 Å². The van der Waals surface area contributed by atoms with Crippen LogP contribution in [-0.2, 0) is 9.59 Å². The van der Waals surface area contributed by atoms with Gasteiger partial charge in [0.25, 0.3) is 0 Å². The van der Waals surface area contributed by atoms with Gasteiger partial charge in [-0.15, -0.1) is 0 Å². The van der Waals surface area contributed by atoms with Gasteiger partial charge in [-0.25, -0.2) is 0 Å². The summed E-state index contributed by atoms with van der Waals surface area (Å²) in [6.45, 7) is 2.71. The van der Waals surface area contributed by atoms with Crippen molar-refractivity contribution in [3.05, 3.63) is 0 Å². The Morgan fingerprint density at radius 1 is 1.12 bits per heavy atom. The summed E-state index contributed by atoms with van der Waals surface area (Å²) >= 11 is 0. The Hall–Kier alpha value is -0.860. The number of hydrogen-bond acceptors (Lipinski definition) is 2. The van der Waals surface area contributed by atoms with Gasteiger partial charge in [-0.3, -0.25) is 14.5 Å². The third-order valence-corrected chi connectivity index (χ3v) is 4.05. The molecule has 90 valence electrons. The Labute approximate surface area is 97.2 Å². The number of nitrogens with zero attached hydrogens (tertiary/aromatic N) is 1. The van der Waals surface area contributed by atoms with Gasteiger partial charge in [0.2, 0.25) is 11.8 Å². The summed E-state index contributed by atoms with van der Waals surface area (Å²) in [5, 5.41) is 0. The Morgan fingerprint density at radius 3 is 2.19 bits per heavy atom. The number of likely N-dealkylation sites (tertiary alicyclic amines) is 1.